The number of aliphatic hydroxyl groups excluding tert-OH is 1. The topological polar surface area (TPSA) is 80.0 Å². The summed E-state index contributed by atoms with van der Waals surface area (Å²) in [5.41, 5.74) is 0.678. The summed E-state index contributed by atoms with van der Waals surface area (Å²) in [7, 11) is 0. The van der Waals surface area contributed by atoms with Gasteiger partial charge in [-0.2, -0.15) is 0 Å². The lowest BCUT2D eigenvalue weighted by molar-refractivity contribution is -0.148. The molecule has 0 saturated carbocycles. The highest BCUT2D eigenvalue weighted by Crippen LogP contribution is 2.26. The van der Waals surface area contributed by atoms with Crippen LogP contribution in [0.15, 0.2) is 33.5 Å². The minimum Gasteiger partial charge on any atom is -0.457 e. The van der Waals surface area contributed by atoms with E-state index in [4.69, 9.17) is 9.15 Å². The summed E-state index contributed by atoms with van der Waals surface area (Å²) in [6.45, 7) is 10.7. The Morgan fingerprint density at radius 2 is 1.93 bits per heavy atom. The zero-order chi connectivity index (χ0) is 20.2. The fourth-order valence-corrected chi connectivity index (χ4v) is 2.88. The predicted molar refractivity (Wildman–Crippen MR) is 107 cm³/mol. The lowest BCUT2D eigenvalue weighted by Crippen LogP contribution is -2.22. The van der Waals surface area contributed by atoms with E-state index >= 15 is 0 Å². The van der Waals surface area contributed by atoms with E-state index in [1.165, 1.54) is 12.2 Å². The average Bonchev–Trinajstić information content (AvgIpc) is 2.58. The number of anilines is 1. The first-order chi connectivity index (χ1) is 12.7. The van der Waals surface area contributed by atoms with Crippen LogP contribution in [0.2, 0.25) is 0 Å². The molecule has 1 heterocycles. The number of hydrogen-bond donors (Lipinski definition) is 1. The molecule has 1 aromatic heterocycles. The zero-order valence-electron chi connectivity index (χ0n) is 16.5. The third-order valence-corrected chi connectivity index (χ3v) is 4.12. The molecule has 0 amide bonds. The summed E-state index contributed by atoms with van der Waals surface area (Å²) in [5, 5.41) is 10.5. The Balaban J connectivity index is 2.50. The normalized spacial score (nSPS) is 11.9. The van der Waals surface area contributed by atoms with E-state index < -0.39 is 17.2 Å². The molecule has 2 aromatic rings. The van der Waals surface area contributed by atoms with Crippen LogP contribution in [0.1, 0.15) is 45.7 Å². The van der Waals surface area contributed by atoms with Gasteiger partial charge in [-0.1, -0.05) is 0 Å². The minimum atomic E-state index is -0.629. The van der Waals surface area contributed by atoms with E-state index in [-0.39, 0.29) is 12.2 Å². The highest BCUT2D eigenvalue weighted by atomic mass is 16.6. The van der Waals surface area contributed by atoms with E-state index in [2.05, 4.69) is 4.90 Å². The van der Waals surface area contributed by atoms with Crippen molar-refractivity contribution in [3.8, 4) is 0 Å². The van der Waals surface area contributed by atoms with Crippen molar-refractivity contribution >= 4 is 28.7 Å². The first-order valence-corrected chi connectivity index (χ1v) is 9.06. The fourth-order valence-electron chi connectivity index (χ4n) is 2.88. The predicted octanol–water partition coefficient (Wildman–Crippen LogP) is 3.49. The molecular formula is C21H27NO5. The Hall–Kier alpha value is -2.60. The van der Waals surface area contributed by atoms with Crippen LogP contribution in [0.4, 0.5) is 5.69 Å². The maximum Gasteiger partial charge on any atom is 0.343 e. The van der Waals surface area contributed by atoms with E-state index in [0.717, 1.165) is 18.8 Å². The maximum absolute atomic E-state index is 12.4. The molecule has 1 aromatic carbocycles. The zero-order valence-corrected chi connectivity index (χ0v) is 16.5. The van der Waals surface area contributed by atoms with Crippen molar-refractivity contribution in [1.29, 1.82) is 0 Å². The van der Waals surface area contributed by atoms with Crippen molar-refractivity contribution in [3.05, 3.63) is 45.8 Å². The van der Waals surface area contributed by atoms with Gasteiger partial charge in [0.2, 0.25) is 0 Å². The number of fused-ring (bicyclic) bond motifs is 1. The van der Waals surface area contributed by atoms with Crippen LogP contribution in [0, 0.1) is 0 Å². The molecule has 146 valence electrons. The molecule has 27 heavy (non-hydrogen) atoms. The quantitative estimate of drug-likeness (QED) is 0.474. The maximum atomic E-state index is 12.4. The summed E-state index contributed by atoms with van der Waals surface area (Å²) < 4.78 is 10.7. The van der Waals surface area contributed by atoms with Gasteiger partial charge in [-0.25, -0.2) is 9.59 Å². The molecule has 6 nitrogen and oxygen atoms in total. The molecule has 0 atom stereocenters. The lowest BCUT2D eigenvalue weighted by Gasteiger charge is -2.21. The summed E-state index contributed by atoms with van der Waals surface area (Å²) in [6.07, 6.45) is 2.51. The van der Waals surface area contributed by atoms with Gasteiger partial charge >= 0.3 is 11.6 Å². The first kappa shape index (κ1) is 20.7. The summed E-state index contributed by atoms with van der Waals surface area (Å²) >= 11 is 0. The molecule has 0 saturated heterocycles. The number of carbonyl (C=O) groups excluding carboxylic acids is 1. The average molecular weight is 373 g/mol. The minimum absolute atomic E-state index is 0.145. The van der Waals surface area contributed by atoms with Gasteiger partial charge in [-0.05, 0) is 52.8 Å². The molecular weight excluding hydrogens is 346 g/mol. The Kier molecular flexibility index (Phi) is 6.44. The molecule has 6 heteroatoms. The third-order valence-electron chi connectivity index (χ3n) is 4.12. The Labute approximate surface area is 159 Å². The standard InChI is InChI=1S/C21H27NO5/c1-6-22(7-2)14-8-9-15-17(13-23)16(20(25)26-18(15)12-14)10-11-19(24)27-21(3,4)5/h8-12,23H,6-7,13H2,1-5H3/b11-10+. The van der Waals surface area contributed by atoms with Crippen LogP contribution in [0.5, 0.6) is 0 Å². The van der Waals surface area contributed by atoms with Crippen LogP contribution in [-0.4, -0.2) is 29.8 Å². The van der Waals surface area contributed by atoms with Crippen molar-refractivity contribution < 1.29 is 19.1 Å². The summed E-state index contributed by atoms with van der Waals surface area (Å²) in [4.78, 5) is 26.5. The molecule has 0 fully saturated rings. The number of benzene rings is 1. The number of carbonyl (C=O) groups is 1. The second-order valence-electron chi connectivity index (χ2n) is 7.16. The molecule has 0 aliphatic carbocycles. The Morgan fingerprint density at radius 3 is 2.48 bits per heavy atom. The molecule has 0 radical (unpaired) electrons. The second-order valence-corrected chi connectivity index (χ2v) is 7.16. The second kappa shape index (κ2) is 8.39. The van der Waals surface area contributed by atoms with Crippen LogP contribution < -0.4 is 10.5 Å². The molecule has 0 aliphatic heterocycles. The van der Waals surface area contributed by atoms with E-state index in [1.807, 2.05) is 26.0 Å². The van der Waals surface area contributed by atoms with Crippen molar-refractivity contribution in [2.75, 3.05) is 18.0 Å². The third kappa shape index (κ3) is 4.98. The first-order valence-electron chi connectivity index (χ1n) is 9.06. The largest absolute Gasteiger partial charge is 0.457 e. The van der Waals surface area contributed by atoms with Gasteiger partial charge in [0.1, 0.15) is 11.2 Å². The van der Waals surface area contributed by atoms with Crippen LogP contribution in [0.25, 0.3) is 17.0 Å². The van der Waals surface area contributed by atoms with Gasteiger partial charge in [-0.15, -0.1) is 0 Å². The van der Waals surface area contributed by atoms with Crippen molar-refractivity contribution in [2.24, 2.45) is 0 Å². The van der Waals surface area contributed by atoms with Crippen LogP contribution in [-0.2, 0) is 16.1 Å². The van der Waals surface area contributed by atoms with E-state index in [0.29, 0.717) is 16.5 Å². The van der Waals surface area contributed by atoms with Gasteiger partial charge in [0.25, 0.3) is 0 Å². The van der Waals surface area contributed by atoms with Crippen molar-refractivity contribution in [2.45, 2.75) is 46.8 Å². The number of aliphatic hydroxyl groups is 1. The molecule has 0 aliphatic rings. The number of rotatable bonds is 6. The highest BCUT2D eigenvalue weighted by molar-refractivity contribution is 5.90. The number of esters is 1. The van der Waals surface area contributed by atoms with Crippen LogP contribution in [0.3, 0.4) is 0 Å². The fraction of sp³-hybridized carbons (Fsp3) is 0.429. The van der Waals surface area contributed by atoms with Gasteiger partial charge in [-0.3, -0.25) is 0 Å². The summed E-state index contributed by atoms with van der Waals surface area (Å²) in [6, 6.07) is 5.54. The van der Waals surface area contributed by atoms with Gasteiger partial charge in [0.05, 0.1) is 12.2 Å². The lowest BCUT2D eigenvalue weighted by atomic mass is 10.0. The van der Waals surface area contributed by atoms with Crippen LogP contribution >= 0.6 is 0 Å². The highest BCUT2D eigenvalue weighted by Gasteiger charge is 2.16. The van der Waals surface area contributed by atoms with E-state index in [9.17, 15) is 14.7 Å². The summed E-state index contributed by atoms with van der Waals surface area (Å²) in [5.74, 6) is -0.567. The van der Waals surface area contributed by atoms with Gasteiger partial charge in [0.15, 0.2) is 0 Å². The van der Waals surface area contributed by atoms with Crippen molar-refractivity contribution in [1.82, 2.24) is 0 Å². The Bertz CT molecular complexity index is 901. The molecule has 0 unspecified atom stereocenters. The monoisotopic (exact) mass is 373 g/mol. The Morgan fingerprint density at radius 1 is 1.26 bits per heavy atom. The smallest absolute Gasteiger partial charge is 0.343 e. The number of nitrogens with zero attached hydrogens (tertiary/aromatic N) is 1. The number of hydrogen-bond acceptors (Lipinski definition) is 6. The number of ether oxygens (including phenoxy) is 1. The molecule has 0 bridgehead atoms. The SMILES string of the molecule is CCN(CC)c1ccc2c(CO)c(/C=C/C(=O)OC(C)(C)C)c(=O)oc2c1. The van der Waals surface area contributed by atoms with E-state index in [1.54, 1.807) is 26.8 Å². The molecule has 1 N–H and O–H groups in total. The molecule has 2 rings (SSSR count). The van der Waals surface area contributed by atoms with Gasteiger partial charge < -0.3 is 19.2 Å². The molecule has 0 spiro atoms. The van der Waals surface area contributed by atoms with Crippen molar-refractivity contribution in [3.63, 3.8) is 0 Å². The van der Waals surface area contributed by atoms with Gasteiger partial charge in [0, 0.05) is 41.9 Å².